The molecular weight excluding hydrogens is 371 g/mol. The smallest absolute Gasteiger partial charge is 0.433 e. The van der Waals surface area contributed by atoms with Crippen molar-refractivity contribution in [2.75, 3.05) is 13.2 Å². The van der Waals surface area contributed by atoms with Gasteiger partial charge < -0.3 is 24.4 Å². The normalized spacial score (nSPS) is 25.8. The van der Waals surface area contributed by atoms with Gasteiger partial charge in [0.2, 0.25) is 11.8 Å². The predicted molar refractivity (Wildman–Crippen MR) is 82.9 cm³/mol. The van der Waals surface area contributed by atoms with Gasteiger partial charge in [0.25, 0.3) is 0 Å². The number of nitrogens with zero attached hydrogens (tertiary/aromatic N) is 3. The zero-order valence-corrected chi connectivity index (χ0v) is 13.8. The number of aromatic nitrogens is 3. The summed E-state index contributed by atoms with van der Waals surface area (Å²) in [7, 11) is 0. The van der Waals surface area contributed by atoms with Crippen molar-refractivity contribution in [2.45, 2.75) is 30.6 Å². The largest absolute Gasteiger partial charge is 0.475 e. The monoisotopic (exact) mass is 387 g/mol. The van der Waals surface area contributed by atoms with Crippen LogP contribution in [0.5, 0.6) is 11.8 Å². The van der Waals surface area contributed by atoms with Gasteiger partial charge in [-0.05, 0) is 6.07 Å². The second-order valence-electron chi connectivity index (χ2n) is 5.73. The summed E-state index contributed by atoms with van der Waals surface area (Å²) in [6, 6.07) is 4.67. The number of rotatable bonds is 5. The minimum absolute atomic E-state index is 0.0935. The van der Waals surface area contributed by atoms with Gasteiger partial charge in [-0.15, -0.1) is 0 Å². The molecule has 0 radical (unpaired) electrons. The highest BCUT2D eigenvalue weighted by atomic mass is 19.4. The average molecular weight is 387 g/mol. The molecule has 1 aliphatic rings. The van der Waals surface area contributed by atoms with E-state index in [9.17, 15) is 23.4 Å². The van der Waals surface area contributed by atoms with E-state index in [4.69, 9.17) is 14.2 Å². The van der Waals surface area contributed by atoms with Crippen LogP contribution in [-0.4, -0.2) is 62.8 Å². The minimum atomic E-state index is -4.62. The van der Waals surface area contributed by atoms with Crippen LogP contribution in [-0.2, 0) is 10.9 Å². The summed E-state index contributed by atoms with van der Waals surface area (Å²) >= 11 is 0. The van der Waals surface area contributed by atoms with E-state index in [-0.39, 0.29) is 25.0 Å². The van der Waals surface area contributed by atoms with Crippen LogP contribution in [0.25, 0.3) is 0 Å². The van der Waals surface area contributed by atoms with E-state index >= 15 is 0 Å². The summed E-state index contributed by atoms with van der Waals surface area (Å²) in [4.78, 5) is 10.9. The molecule has 146 valence electrons. The lowest BCUT2D eigenvalue weighted by Gasteiger charge is -2.37. The van der Waals surface area contributed by atoms with Crippen molar-refractivity contribution in [1.29, 1.82) is 0 Å². The van der Waals surface area contributed by atoms with E-state index < -0.39 is 36.3 Å². The molecule has 1 saturated heterocycles. The SMILES string of the molecule is O[C@@H]1[C@H](O)[C@@H](Oc2cccc(C(F)(F)F)n2)CO[C@@H]1COc1ccncn1. The van der Waals surface area contributed by atoms with Crippen molar-refractivity contribution in [1.82, 2.24) is 15.0 Å². The van der Waals surface area contributed by atoms with E-state index in [1.807, 2.05) is 0 Å². The second kappa shape index (κ2) is 8.03. The maximum Gasteiger partial charge on any atom is 0.433 e. The second-order valence-corrected chi connectivity index (χ2v) is 5.73. The topological polar surface area (TPSA) is 107 Å². The first kappa shape index (κ1) is 19.3. The Kier molecular flexibility index (Phi) is 5.73. The van der Waals surface area contributed by atoms with E-state index in [1.165, 1.54) is 24.7 Å². The van der Waals surface area contributed by atoms with Crippen LogP contribution in [0.4, 0.5) is 13.2 Å². The van der Waals surface area contributed by atoms with Gasteiger partial charge in [0, 0.05) is 18.3 Å². The molecule has 3 rings (SSSR count). The summed E-state index contributed by atoms with van der Waals surface area (Å²) in [5.41, 5.74) is -1.12. The molecule has 2 N–H and O–H groups in total. The fourth-order valence-corrected chi connectivity index (χ4v) is 2.43. The summed E-state index contributed by atoms with van der Waals surface area (Å²) in [5, 5.41) is 20.4. The van der Waals surface area contributed by atoms with Crippen molar-refractivity contribution in [3.8, 4) is 11.8 Å². The van der Waals surface area contributed by atoms with Crippen LogP contribution in [0.1, 0.15) is 5.69 Å². The van der Waals surface area contributed by atoms with Crippen molar-refractivity contribution >= 4 is 0 Å². The highest BCUT2D eigenvalue weighted by molar-refractivity contribution is 5.18. The molecule has 0 saturated carbocycles. The Morgan fingerprint density at radius 3 is 2.67 bits per heavy atom. The first-order valence-corrected chi connectivity index (χ1v) is 7.92. The molecule has 0 bridgehead atoms. The third-order valence-electron chi connectivity index (χ3n) is 3.82. The molecule has 2 aromatic rings. The van der Waals surface area contributed by atoms with Crippen molar-refractivity contribution < 1.29 is 37.6 Å². The van der Waals surface area contributed by atoms with Crippen molar-refractivity contribution in [2.24, 2.45) is 0 Å². The number of aliphatic hydroxyl groups excluding tert-OH is 2. The number of ether oxygens (including phenoxy) is 3. The van der Waals surface area contributed by atoms with Gasteiger partial charge in [-0.25, -0.2) is 15.0 Å². The summed E-state index contributed by atoms with van der Waals surface area (Å²) in [5.74, 6) is -0.0674. The summed E-state index contributed by atoms with van der Waals surface area (Å²) in [6.45, 7) is -0.266. The molecule has 8 nitrogen and oxygen atoms in total. The molecule has 27 heavy (non-hydrogen) atoms. The fraction of sp³-hybridized carbons (Fsp3) is 0.438. The molecule has 4 atom stereocenters. The molecular formula is C16H16F3N3O5. The van der Waals surface area contributed by atoms with Gasteiger partial charge in [0.05, 0.1) is 6.61 Å². The maximum atomic E-state index is 12.7. The Labute approximate surface area is 151 Å². The van der Waals surface area contributed by atoms with Crippen LogP contribution in [0, 0.1) is 0 Å². The Bertz CT molecular complexity index is 750. The van der Waals surface area contributed by atoms with Gasteiger partial charge in [0.1, 0.15) is 36.9 Å². The van der Waals surface area contributed by atoms with E-state index in [0.717, 1.165) is 12.1 Å². The number of hydrogen-bond donors (Lipinski definition) is 2. The third-order valence-corrected chi connectivity index (χ3v) is 3.82. The number of alkyl halides is 3. The van der Waals surface area contributed by atoms with Gasteiger partial charge in [-0.1, -0.05) is 6.07 Å². The molecule has 0 aromatic carbocycles. The van der Waals surface area contributed by atoms with E-state index in [2.05, 4.69) is 15.0 Å². The number of hydrogen-bond acceptors (Lipinski definition) is 8. The van der Waals surface area contributed by atoms with Gasteiger partial charge in [-0.2, -0.15) is 13.2 Å². The Balaban J connectivity index is 1.59. The lowest BCUT2D eigenvalue weighted by atomic mass is 10.0. The quantitative estimate of drug-likeness (QED) is 0.777. The van der Waals surface area contributed by atoms with E-state index in [1.54, 1.807) is 0 Å². The standard InChI is InChI=1S/C16H16F3N3O5/c17-16(18,19)11-2-1-3-13(22-11)27-10-7-25-9(14(23)15(10)24)6-26-12-4-5-20-8-21-12/h1-5,8-10,14-15,23-24H,6-7H2/t9-,10+,14+,15-/m1/s1. The van der Waals surface area contributed by atoms with E-state index in [0.29, 0.717) is 0 Å². The zero-order chi connectivity index (χ0) is 19.4. The lowest BCUT2D eigenvalue weighted by molar-refractivity contribution is -0.187. The predicted octanol–water partition coefficient (Wildman–Crippen LogP) is 0.837. The van der Waals surface area contributed by atoms with Gasteiger partial charge in [0.15, 0.2) is 6.10 Å². The highest BCUT2D eigenvalue weighted by Gasteiger charge is 2.41. The molecule has 1 aliphatic heterocycles. The lowest BCUT2D eigenvalue weighted by Crippen LogP contribution is -2.56. The first-order valence-electron chi connectivity index (χ1n) is 7.92. The Morgan fingerprint density at radius 1 is 1.15 bits per heavy atom. The molecule has 3 heterocycles. The minimum Gasteiger partial charge on any atom is -0.475 e. The molecule has 11 heteroatoms. The number of halogens is 3. The molecule has 2 aromatic heterocycles. The molecule has 0 unspecified atom stereocenters. The highest BCUT2D eigenvalue weighted by Crippen LogP contribution is 2.29. The zero-order valence-electron chi connectivity index (χ0n) is 13.8. The molecule has 1 fully saturated rings. The van der Waals surface area contributed by atoms with Crippen LogP contribution in [0.2, 0.25) is 0 Å². The third kappa shape index (κ3) is 4.81. The van der Waals surface area contributed by atoms with Crippen LogP contribution in [0.15, 0.2) is 36.8 Å². The van der Waals surface area contributed by atoms with Crippen LogP contribution in [0.3, 0.4) is 0 Å². The molecule has 0 aliphatic carbocycles. The fourth-order valence-electron chi connectivity index (χ4n) is 2.43. The number of pyridine rings is 1. The molecule has 0 amide bonds. The Morgan fingerprint density at radius 2 is 1.96 bits per heavy atom. The van der Waals surface area contributed by atoms with Crippen molar-refractivity contribution in [3.05, 3.63) is 42.5 Å². The Hall–Kier alpha value is -2.50. The first-order chi connectivity index (χ1) is 12.8. The van der Waals surface area contributed by atoms with Crippen LogP contribution >= 0.6 is 0 Å². The average Bonchev–Trinajstić information content (AvgIpc) is 2.65. The van der Waals surface area contributed by atoms with Gasteiger partial charge in [-0.3, -0.25) is 0 Å². The summed E-state index contributed by atoms with van der Waals surface area (Å²) < 4.78 is 54.2. The van der Waals surface area contributed by atoms with Gasteiger partial charge >= 0.3 is 6.18 Å². The van der Waals surface area contributed by atoms with Crippen molar-refractivity contribution in [3.63, 3.8) is 0 Å². The number of aliphatic hydroxyl groups is 2. The van der Waals surface area contributed by atoms with Crippen LogP contribution < -0.4 is 9.47 Å². The summed E-state index contributed by atoms with van der Waals surface area (Å²) in [6.07, 6.45) is -6.61. The molecule has 0 spiro atoms. The maximum absolute atomic E-state index is 12.7.